The average Bonchev–Trinajstić information content (AvgIpc) is 2.92. The van der Waals surface area contributed by atoms with Crippen LogP contribution >= 0.6 is 11.6 Å². The van der Waals surface area contributed by atoms with Crippen LogP contribution in [0.5, 0.6) is 11.5 Å². The number of anilines is 1. The van der Waals surface area contributed by atoms with Gasteiger partial charge in [0.15, 0.2) is 0 Å². The van der Waals surface area contributed by atoms with Crippen molar-refractivity contribution in [3.05, 3.63) is 130 Å². The van der Waals surface area contributed by atoms with Crippen LogP contribution in [-0.2, 0) is 18.0 Å². The van der Waals surface area contributed by atoms with Crippen molar-refractivity contribution in [1.82, 2.24) is 0 Å². The Morgan fingerprint density at radius 2 is 1.33 bits per heavy atom. The topological polar surface area (TPSA) is 71.3 Å². The van der Waals surface area contributed by atoms with E-state index in [1.807, 2.05) is 72.8 Å². The zero-order valence-corrected chi connectivity index (χ0v) is 20.1. The summed E-state index contributed by atoms with van der Waals surface area (Å²) in [6.45, 7) is 0.868. The number of hydrogen-bond acceptors (Lipinski definition) is 4. The third kappa shape index (κ3) is 7.23. The predicted molar refractivity (Wildman–Crippen MR) is 142 cm³/mol. The quantitative estimate of drug-likeness (QED) is 0.200. The minimum absolute atomic E-state index is 0.00369. The van der Waals surface area contributed by atoms with Crippen LogP contribution in [0.1, 0.15) is 16.7 Å². The molecule has 0 bridgehead atoms. The summed E-state index contributed by atoms with van der Waals surface area (Å²) in [5.41, 5.74) is 3.35. The van der Waals surface area contributed by atoms with Gasteiger partial charge in [-0.15, -0.1) is 0 Å². The normalized spacial score (nSPS) is 10.8. The van der Waals surface area contributed by atoms with E-state index in [1.165, 1.54) is 0 Å². The van der Waals surface area contributed by atoms with Gasteiger partial charge in [-0.25, -0.2) is 0 Å². The molecule has 0 aliphatic heterocycles. The van der Waals surface area contributed by atoms with Crippen molar-refractivity contribution in [2.75, 3.05) is 5.32 Å². The van der Waals surface area contributed by atoms with E-state index in [2.05, 4.69) is 5.32 Å². The van der Waals surface area contributed by atoms with Crippen molar-refractivity contribution in [3.63, 3.8) is 0 Å². The van der Waals surface area contributed by atoms with Gasteiger partial charge in [0.1, 0.15) is 36.4 Å². The molecule has 0 fully saturated rings. The van der Waals surface area contributed by atoms with E-state index < -0.39 is 5.91 Å². The van der Waals surface area contributed by atoms with Crippen molar-refractivity contribution in [1.29, 1.82) is 5.26 Å². The molecule has 0 aliphatic carbocycles. The van der Waals surface area contributed by atoms with Crippen LogP contribution in [-0.4, -0.2) is 5.91 Å². The van der Waals surface area contributed by atoms with E-state index in [0.717, 1.165) is 16.7 Å². The van der Waals surface area contributed by atoms with Crippen LogP contribution in [0.25, 0.3) is 6.08 Å². The van der Waals surface area contributed by atoms with Gasteiger partial charge in [-0.1, -0.05) is 66.2 Å². The maximum absolute atomic E-state index is 12.6. The third-order valence-electron chi connectivity index (χ3n) is 5.24. The average molecular weight is 495 g/mol. The van der Waals surface area contributed by atoms with E-state index in [0.29, 0.717) is 35.4 Å². The summed E-state index contributed by atoms with van der Waals surface area (Å²) >= 11 is 5.90. The van der Waals surface area contributed by atoms with Crippen molar-refractivity contribution < 1.29 is 14.3 Å². The smallest absolute Gasteiger partial charge is 0.266 e. The number of nitrogens with one attached hydrogen (secondary N) is 1. The van der Waals surface area contributed by atoms with Gasteiger partial charge in [-0.05, 0) is 71.3 Å². The summed E-state index contributed by atoms with van der Waals surface area (Å²) in [4.78, 5) is 12.6. The molecule has 0 saturated heterocycles. The highest BCUT2D eigenvalue weighted by Gasteiger charge is 2.10. The molecule has 0 aliphatic rings. The fourth-order valence-electron chi connectivity index (χ4n) is 3.30. The third-order valence-corrected chi connectivity index (χ3v) is 5.49. The Morgan fingerprint density at radius 1 is 0.778 bits per heavy atom. The maximum atomic E-state index is 12.6. The monoisotopic (exact) mass is 494 g/mol. The molecule has 36 heavy (non-hydrogen) atoms. The highest BCUT2D eigenvalue weighted by Crippen LogP contribution is 2.20. The molecule has 0 spiro atoms. The molecule has 0 unspecified atom stereocenters. The number of halogens is 1. The standard InChI is InChI=1S/C30H23ClN2O3/c31-26-10-6-24(7-11-26)21-36-29-16-12-27(13-17-29)33-30(34)25(19-32)18-22-8-14-28(15-9-22)35-20-23-4-2-1-3-5-23/h1-18H,20-21H2,(H,33,34)/b25-18+. The van der Waals surface area contributed by atoms with Crippen molar-refractivity contribution in [3.8, 4) is 17.6 Å². The number of benzene rings is 4. The van der Waals surface area contributed by atoms with Crippen LogP contribution in [0.4, 0.5) is 5.69 Å². The summed E-state index contributed by atoms with van der Waals surface area (Å²) in [5, 5.41) is 12.9. The van der Waals surface area contributed by atoms with Gasteiger partial charge in [0, 0.05) is 10.7 Å². The molecular weight excluding hydrogens is 472 g/mol. The molecule has 6 heteroatoms. The number of rotatable bonds is 9. The van der Waals surface area contributed by atoms with Crippen LogP contribution in [0.2, 0.25) is 5.02 Å². The second-order valence-electron chi connectivity index (χ2n) is 7.91. The summed E-state index contributed by atoms with van der Waals surface area (Å²) < 4.78 is 11.5. The number of carbonyl (C=O) groups is 1. The first-order valence-corrected chi connectivity index (χ1v) is 11.6. The minimum atomic E-state index is -0.489. The molecule has 4 aromatic rings. The lowest BCUT2D eigenvalue weighted by Crippen LogP contribution is -2.13. The predicted octanol–water partition coefficient (Wildman–Crippen LogP) is 7.04. The van der Waals surface area contributed by atoms with E-state index in [4.69, 9.17) is 21.1 Å². The summed E-state index contributed by atoms with van der Waals surface area (Å²) in [6.07, 6.45) is 1.54. The van der Waals surface area contributed by atoms with E-state index in [9.17, 15) is 10.1 Å². The lowest BCUT2D eigenvalue weighted by Gasteiger charge is -2.09. The molecule has 1 N–H and O–H groups in total. The molecular formula is C30H23ClN2O3. The zero-order chi connectivity index (χ0) is 25.2. The highest BCUT2D eigenvalue weighted by molar-refractivity contribution is 6.30. The highest BCUT2D eigenvalue weighted by atomic mass is 35.5. The second-order valence-corrected chi connectivity index (χ2v) is 8.34. The molecule has 0 radical (unpaired) electrons. The molecule has 0 saturated carbocycles. The number of nitrogens with zero attached hydrogens (tertiary/aromatic N) is 1. The Balaban J connectivity index is 1.31. The molecule has 0 heterocycles. The van der Waals surface area contributed by atoms with Crippen LogP contribution in [0, 0.1) is 11.3 Å². The first-order chi connectivity index (χ1) is 17.6. The number of carbonyl (C=O) groups excluding carboxylic acids is 1. The number of ether oxygens (including phenoxy) is 2. The van der Waals surface area contributed by atoms with Crippen LogP contribution < -0.4 is 14.8 Å². The molecule has 0 aromatic heterocycles. The van der Waals surface area contributed by atoms with Gasteiger partial charge < -0.3 is 14.8 Å². The van der Waals surface area contributed by atoms with Crippen molar-refractivity contribution in [2.45, 2.75) is 13.2 Å². The SMILES string of the molecule is N#C/C(=C\c1ccc(OCc2ccccc2)cc1)C(=O)Nc1ccc(OCc2ccc(Cl)cc2)cc1. The maximum Gasteiger partial charge on any atom is 0.266 e. The number of nitriles is 1. The Kier molecular flexibility index (Phi) is 8.37. The first-order valence-electron chi connectivity index (χ1n) is 11.3. The molecule has 4 rings (SSSR count). The number of amides is 1. The van der Waals surface area contributed by atoms with Gasteiger partial charge >= 0.3 is 0 Å². The Labute approximate surface area is 215 Å². The van der Waals surface area contributed by atoms with Gasteiger partial charge in [0.2, 0.25) is 0 Å². The van der Waals surface area contributed by atoms with Gasteiger partial charge in [-0.2, -0.15) is 5.26 Å². The van der Waals surface area contributed by atoms with Gasteiger partial charge in [0.25, 0.3) is 5.91 Å². The zero-order valence-electron chi connectivity index (χ0n) is 19.4. The Hall–Kier alpha value is -4.53. The lowest BCUT2D eigenvalue weighted by molar-refractivity contribution is -0.112. The summed E-state index contributed by atoms with van der Waals surface area (Å²) in [7, 11) is 0. The lowest BCUT2D eigenvalue weighted by atomic mass is 10.1. The van der Waals surface area contributed by atoms with Gasteiger partial charge in [0.05, 0.1) is 0 Å². The molecule has 178 valence electrons. The van der Waals surface area contributed by atoms with E-state index in [1.54, 1.807) is 42.5 Å². The second kappa shape index (κ2) is 12.3. The number of hydrogen-bond donors (Lipinski definition) is 1. The largest absolute Gasteiger partial charge is 0.489 e. The molecule has 1 amide bonds. The minimum Gasteiger partial charge on any atom is -0.489 e. The van der Waals surface area contributed by atoms with E-state index in [-0.39, 0.29) is 5.57 Å². The Bertz CT molecular complexity index is 1360. The molecule has 4 aromatic carbocycles. The Morgan fingerprint density at radius 3 is 1.92 bits per heavy atom. The first kappa shape index (κ1) is 24.6. The fourth-order valence-corrected chi connectivity index (χ4v) is 3.42. The molecule has 0 atom stereocenters. The summed E-state index contributed by atoms with van der Waals surface area (Å²) in [5.74, 6) is 0.877. The van der Waals surface area contributed by atoms with Crippen molar-refractivity contribution in [2.24, 2.45) is 0 Å². The summed E-state index contributed by atoms with van der Waals surface area (Å²) in [6, 6.07) is 33.5. The fraction of sp³-hybridized carbons (Fsp3) is 0.0667. The van der Waals surface area contributed by atoms with Crippen LogP contribution in [0.15, 0.2) is 109 Å². The van der Waals surface area contributed by atoms with Gasteiger partial charge in [-0.3, -0.25) is 4.79 Å². The molecule has 5 nitrogen and oxygen atoms in total. The van der Waals surface area contributed by atoms with Crippen molar-refractivity contribution >= 4 is 29.3 Å². The van der Waals surface area contributed by atoms with Crippen LogP contribution in [0.3, 0.4) is 0 Å². The van der Waals surface area contributed by atoms with E-state index >= 15 is 0 Å².